The zero-order valence-electron chi connectivity index (χ0n) is 11.6. The Bertz CT molecular complexity index is 888. The second-order valence-corrected chi connectivity index (χ2v) is 7.08. The van der Waals surface area contributed by atoms with Crippen molar-refractivity contribution in [3.8, 4) is 9.88 Å². The molecule has 0 saturated heterocycles. The predicted molar refractivity (Wildman–Crippen MR) is 93.4 cm³/mol. The van der Waals surface area contributed by atoms with Gasteiger partial charge in [0, 0.05) is 5.38 Å². The SMILES string of the molecule is NC(=O)c1ccccc1NC(=O)c1csc(-c2ccc(Cl)s2)n1. The molecular formula is C15H10ClN3O2S2. The van der Waals surface area contributed by atoms with Crippen LogP contribution in [0.3, 0.4) is 0 Å². The van der Waals surface area contributed by atoms with E-state index in [1.165, 1.54) is 22.7 Å². The van der Waals surface area contributed by atoms with Crippen LogP contribution >= 0.6 is 34.3 Å². The lowest BCUT2D eigenvalue weighted by atomic mass is 10.1. The van der Waals surface area contributed by atoms with E-state index in [0.717, 1.165) is 9.88 Å². The van der Waals surface area contributed by atoms with Gasteiger partial charge in [-0.15, -0.1) is 22.7 Å². The Morgan fingerprint density at radius 2 is 1.96 bits per heavy atom. The number of anilines is 1. The molecule has 116 valence electrons. The van der Waals surface area contributed by atoms with Gasteiger partial charge in [-0.25, -0.2) is 4.98 Å². The first kappa shape index (κ1) is 15.7. The van der Waals surface area contributed by atoms with Gasteiger partial charge in [0.1, 0.15) is 10.7 Å². The fraction of sp³-hybridized carbons (Fsp3) is 0. The molecule has 2 aromatic heterocycles. The summed E-state index contributed by atoms with van der Waals surface area (Å²) in [5.41, 5.74) is 6.18. The van der Waals surface area contributed by atoms with Crippen LogP contribution < -0.4 is 11.1 Å². The molecule has 0 fully saturated rings. The van der Waals surface area contributed by atoms with Crippen LogP contribution in [0.15, 0.2) is 41.8 Å². The average Bonchev–Trinajstić information content (AvgIpc) is 3.16. The Morgan fingerprint density at radius 3 is 2.65 bits per heavy atom. The van der Waals surface area contributed by atoms with Gasteiger partial charge in [0.15, 0.2) is 0 Å². The van der Waals surface area contributed by atoms with E-state index in [1.54, 1.807) is 35.7 Å². The number of thiazole rings is 1. The van der Waals surface area contributed by atoms with E-state index in [-0.39, 0.29) is 11.3 Å². The molecule has 3 N–H and O–H groups in total. The number of nitrogens with two attached hydrogens (primary N) is 1. The molecule has 3 rings (SSSR count). The first-order chi connectivity index (χ1) is 11.0. The van der Waals surface area contributed by atoms with Crippen molar-refractivity contribution in [3.63, 3.8) is 0 Å². The van der Waals surface area contributed by atoms with Gasteiger partial charge < -0.3 is 11.1 Å². The van der Waals surface area contributed by atoms with Crippen LogP contribution in [0.1, 0.15) is 20.8 Å². The summed E-state index contributed by atoms with van der Waals surface area (Å²) in [4.78, 5) is 28.9. The molecule has 3 aromatic rings. The largest absolute Gasteiger partial charge is 0.366 e. The summed E-state index contributed by atoms with van der Waals surface area (Å²) in [6.07, 6.45) is 0. The quantitative estimate of drug-likeness (QED) is 0.737. The van der Waals surface area contributed by atoms with Gasteiger partial charge >= 0.3 is 0 Å². The monoisotopic (exact) mass is 363 g/mol. The molecule has 0 radical (unpaired) electrons. The number of hydrogen-bond donors (Lipinski definition) is 2. The molecule has 0 unspecified atom stereocenters. The van der Waals surface area contributed by atoms with Crippen molar-refractivity contribution < 1.29 is 9.59 Å². The third kappa shape index (κ3) is 3.42. The number of halogens is 1. The summed E-state index contributed by atoms with van der Waals surface area (Å²) in [7, 11) is 0. The van der Waals surface area contributed by atoms with Gasteiger partial charge in [0.05, 0.1) is 20.5 Å². The number of rotatable bonds is 4. The lowest BCUT2D eigenvalue weighted by Crippen LogP contribution is -2.18. The van der Waals surface area contributed by atoms with Gasteiger partial charge in [-0.1, -0.05) is 23.7 Å². The van der Waals surface area contributed by atoms with Crippen molar-refractivity contribution in [2.75, 3.05) is 5.32 Å². The fourth-order valence-electron chi connectivity index (χ4n) is 1.91. The number of carbonyl (C=O) groups is 2. The maximum atomic E-state index is 12.3. The Labute approximate surface area is 144 Å². The highest BCUT2D eigenvalue weighted by molar-refractivity contribution is 7.23. The van der Waals surface area contributed by atoms with E-state index in [0.29, 0.717) is 10.0 Å². The fourth-order valence-corrected chi connectivity index (χ4v) is 3.83. The van der Waals surface area contributed by atoms with Crippen LogP contribution in [0, 0.1) is 0 Å². The first-order valence-corrected chi connectivity index (χ1v) is 8.53. The lowest BCUT2D eigenvalue weighted by Gasteiger charge is -2.07. The van der Waals surface area contributed by atoms with Crippen molar-refractivity contribution in [1.29, 1.82) is 0 Å². The maximum absolute atomic E-state index is 12.3. The third-order valence-corrected chi connectivity index (χ3v) is 5.20. The summed E-state index contributed by atoms with van der Waals surface area (Å²) in [6, 6.07) is 10.2. The molecule has 0 aliphatic rings. The summed E-state index contributed by atoms with van der Waals surface area (Å²) in [5, 5.41) is 5.04. The van der Waals surface area contributed by atoms with Crippen LogP contribution in [0.5, 0.6) is 0 Å². The van der Waals surface area contributed by atoms with E-state index in [4.69, 9.17) is 17.3 Å². The van der Waals surface area contributed by atoms with Crippen molar-refractivity contribution in [3.05, 3.63) is 57.4 Å². The van der Waals surface area contributed by atoms with Gasteiger partial charge in [0.25, 0.3) is 11.8 Å². The highest BCUT2D eigenvalue weighted by Crippen LogP contribution is 2.33. The normalized spacial score (nSPS) is 10.5. The second-order valence-electron chi connectivity index (χ2n) is 4.51. The van der Waals surface area contributed by atoms with Gasteiger partial charge in [0.2, 0.25) is 0 Å². The lowest BCUT2D eigenvalue weighted by molar-refractivity contribution is 0.100. The number of nitrogens with zero attached hydrogens (tertiary/aromatic N) is 1. The molecule has 0 aliphatic heterocycles. The van der Waals surface area contributed by atoms with Crippen LogP contribution in [0.4, 0.5) is 5.69 Å². The molecule has 1 aromatic carbocycles. The maximum Gasteiger partial charge on any atom is 0.275 e. The molecule has 0 atom stereocenters. The molecule has 8 heteroatoms. The number of benzene rings is 1. The van der Waals surface area contributed by atoms with E-state index in [1.807, 2.05) is 6.07 Å². The Kier molecular flexibility index (Phi) is 4.42. The number of nitrogens with one attached hydrogen (secondary N) is 1. The van der Waals surface area contributed by atoms with Gasteiger partial charge in [-0.2, -0.15) is 0 Å². The van der Waals surface area contributed by atoms with E-state index in [2.05, 4.69) is 10.3 Å². The minimum Gasteiger partial charge on any atom is -0.366 e. The summed E-state index contributed by atoms with van der Waals surface area (Å²) >= 11 is 8.66. The second kappa shape index (κ2) is 6.49. The first-order valence-electron chi connectivity index (χ1n) is 6.46. The number of amides is 2. The summed E-state index contributed by atoms with van der Waals surface area (Å²) in [6.45, 7) is 0. The summed E-state index contributed by atoms with van der Waals surface area (Å²) in [5.74, 6) is -1.00. The van der Waals surface area contributed by atoms with E-state index >= 15 is 0 Å². The number of thiophene rings is 1. The van der Waals surface area contributed by atoms with Crippen LogP contribution in [0.25, 0.3) is 9.88 Å². The molecule has 0 saturated carbocycles. The van der Waals surface area contributed by atoms with Gasteiger partial charge in [-0.3, -0.25) is 9.59 Å². The number of hydrogen-bond acceptors (Lipinski definition) is 5. The molecule has 5 nitrogen and oxygen atoms in total. The minimum atomic E-state index is -0.604. The predicted octanol–water partition coefficient (Wildman–Crippen LogP) is 3.88. The molecule has 0 spiro atoms. The molecule has 23 heavy (non-hydrogen) atoms. The zero-order chi connectivity index (χ0) is 16.4. The smallest absolute Gasteiger partial charge is 0.275 e. The Morgan fingerprint density at radius 1 is 1.17 bits per heavy atom. The molecule has 2 amide bonds. The third-order valence-electron chi connectivity index (χ3n) is 2.96. The van der Waals surface area contributed by atoms with Crippen molar-refractivity contribution >= 4 is 51.8 Å². The average molecular weight is 364 g/mol. The van der Waals surface area contributed by atoms with Crippen molar-refractivity contribution in [1.82, 2.24) is 4.98 Å². The topological polar surface area (TPSA) is 85.1 Å². The Hall–Kier alpha value is -2.22. The van der Waals surface area contributed by atoms with Crippen molar-refractivity contribution in [2.45, 2.75) is 0 Å². The molecular weight excluding hydrogens is 354 g/mol. The highest BCUT2D eigenvalue weighted by atomic mass is 35.5. The minimum absolute atomic E-state index is 0.251. The summed E-state index contributed by atoms with van der Waals surface area (Å²) < 4.78 is 0.664. The van der Waals surface area contributed by atoms with Crippen LogP contribution in [-0.4, -0.2) is 16.8 Å². The molecule has 0 aliphatic carbocycles. The molecule has 2 heterocycles. The standard InChI is InChI=1S/C15H10ClN3O2S2/c16-12-6-5-11(23-12)15-19-10(7-22-15)14(21)18-9-4-2-1-3-8(9)13(17)20/h1-7H,(H2,17,20)(H,18,21). The number of para-hydroxylation sites is 1. The Balaban J connectivity index is 1.82. The number of carbonyl (C=O) groups excluding carboxylic acids is 2. The molecule has 0 bridgehead atoms. The number of primary amides is 1. The van der Waals surface area contributed by atoms with E-state index < -0.39 is 11.8 Å². The highest BCUT2D eigenvalue weighted by Gasteiger charge is 2.15. The zero-order valence-corrected chi connectivity index (χ0v) is 14.0. The van der Waals surface area contributed by atoms with Crippen molar-refractivity contribution in [2.24, 2.45) is 5.73 Å². The van der Waals surface area contributed by atoms with Gasteiger partial charge in [-0.05, 0) is 24.3 Å². The van der Waals surface area contributed by atoms with E-state index in [9.17, 15) is 9.59 Å². The number of aromatic nitrogens is 1. The van der Waals surface area contributed by atoms with Crippen LogP contribution in [-0.2, 0) is 0 Å². The van der Waals surface area contributed by atoms with Crippen LogP contribution in [0.2, 0.25) is 4.34 Å².